The first-order valence-corrected chi connectivity index (χ1v) is 5.58. The quantitative estimate of drug-likeness (QED) is 0.774. The Bertz CT molecular complexity index is 305. The van der Waals surface area contributed by atoms with Gasteiger partial charge < -0.3 is 10.6 Å². The number of nitrogens with one attached hydrogen (secondary N) is 2. The van der Waals surface area contributed by atoms with Gasteiger partial charge in [0.1, 0.15) is 0 Å². The molecule has 0 aromatic heterocycles. The number of rotatable bonds is 3. The van der Waals surface area contributed by atoms with Gasteiger partial charge >= 0.3 is 0 Å². The van der Waals surface area contributed by atoms with Gasteiger partial charge in [-0.1, -0.05) is 12.1 Å². The molecule has 3 nitrogen and oxygen atoms in total. The van der Waals surface area contributed by atoms with Crippen molar-refractivity contribution in [2.75, 3.05) is 38.5 Å². The van der Waals surface area contributed by atoms with E-state index in [1.807, 2.05) is 7.05 Å². The zero-order valence-electron chi connectivity index (χ0n) is 9.29. The topological polar surface area (TPSA) is 27.3 Å². The van der Waals surface area contributed by atoms with Crippen LogP contribution in [0.3, 0.4) is 0 Å². The Morgan fingerprint density at radius 3 is 2.87 bits per heavy atom. The number of hydrogen-bond acceptors (Lipinski definition) is 3. The lowest BCUT2D eigenvalue weighted by atomic mass is 10.2. The van der Waals surface area contributed by atoms with Crippen LogP contribution in [0.15, 0.2) is 24.3 Å². The Balaban J connectivity index is 1.96. The molecule has 82 valence electrons. The molecule has 3 heteroatoms. The summed E-state index contributed by atoms with van der Waals surface area (Å²) in [6, 6.07) is 8.63. The van der Waals surface area contributed by atoms with Gasteiger partial charge in [-0.25, -0.2) is 0 Å². The molecule has 0 saturated carbocycles. The zero-order valence-corrected chi connectivity index (χ0v) is 9.29. The second-order valence-corrected chi connectivity index (χ2v) is 3.98. The Hall–Kier alpha value is -1.06. The molecule has 2 rings (SSSR count). The van der Waals surface area contributed by atoms with Gasteiger partial charge in [-0.3, -0.25) is 4.90 Å². The molecule has 1 aromatic rings. The molecular weight excluding hydrogens is 186 g/mol. The van der Waals surface area contributed by atoms with Gasteiger partial charge in [-0.15, -0.1) is 0 Å². The summed E-state index contributed by atoms with van der Waals surface area (Å²) in [5.41, 5.74) is 2.59. The van der Waals surface area contributed by atoms with E-state index in [1.165, 1.54) is 11.3 Å². The van der Waals surface area contributed by atoms with Gasteiger partial charge in [-0.05, 0) is 17.7 Å². The maximum absolute atomic E-state index is 3.37. The van der Waals surface area contributed by atoms with E-state index in [4.69, 9.17) is 0 Å². The number of hydrogen-bond donors (Lipinski definition) is 2. The first-order chi connectivity index (χ1) is 7.38. The number of piperazine rings is 1. The first kappa shape index (κ1) is 10.5. The van der Waals surface area contributed by atoms with E-state index in [-0.39, 0.29) is 0 Å². The molecule has 15 heavy (non-hydrogen) atoms. The third-order valence-corrected chi connectivity index (χ3v) is 2.83. The Morgan fingerprint density at radius 1 is 1.33 bits per heavy atom. The van der Waals surface area contributed by atoms with Crippen LogP contribution in [0.1, 0.15) is 5.56 Å². The van der Waals surface area contributed by atoms with E-state index in [2.05, 4.69) is 39.8 Å². The summed E-state index contributed by atoms with van der Waals surface area (Å²) < 4.78 is 0. The van der Waals surface area contributed by atoms with Crippen LogP contribution in [0.4, 0.5) is 5.69 Å². The lowest BCUT2D eigenvalue weighted by Gasteiger charge is -2.27. The highest BCUT2D eigenvalue weighted by Crippen LogP contribution is 2.12. The summed E-state index contributed by atoms with van der Waals surface area (Å²) >= 11 is 0. The first-order valence-electron chi connectivity index (χ1n) is 5.58. The summed E-state index contributed by atoms with van der Waals surface area (Å²) in [5.74, 6) is 0. The lowest BCUT2D eigenvalue weighted by Crippen LogP contribution is -2.42. The smallest absolute Gasteiger partial charge is 0.0340 e. The molecule has 1 fully saturated rings. The fourth-order valence-corrected chi connectivity index (χ4v) is 1.95. The van der Waals surface area contributed by atoms with Gasteiger partial charge in [0, 0.05) is 45.5 Å². The van der Waals surface area contributed by atoms with Crippen LogP contribution >= 0.6 is 0 Å². The van der Waals surface area contributed by atoms with Crippen molar-refractivity contribution >= 4 is 5.69 Å². The van der Waals surface area contributed by atoms with Crippen LogP contribution in [0.5, 0.6) is 0 Å². The molecule has 1 aliphatic rings. The van der Waals surface area contributed by atoms with Gasteiger partial charge in [0.05, 0.1) is 0 Å². The SMILES string of the molecule is CNc1cccc(CN2CCNCC2)c1. The molecule has 0 radical (unpaired) electrons. The highest BCUT2D eigenvalue weighted by Gasteiger charge is 2.09. The van der Waals surface area contributed by atoms with Crippen LogP contribution in [-0.4, -0.2) is 38.1 Å². The second kappa shape index (κ2) is 5.14. The third kappa shape index (κ3) is 2.94. The third-order valence-electron chi connectivity index (χ3n) is 2.83. The average Bonchev–Trinajstić information content (AvgIpc) is 2.31. The van der Waals surface area contributed by atoms with Crippen molar-refractivity contribution in [1.82, 2.24) is 10.2 Å². The molecule has 0 atom stereocenters. The normalized spacial score (nSPS) is 17.7. The minimum absolute atomic E-state index is 1.07. The molecule has 2 N–H and O–H groups in total. The maximum atomic E-state index is 3.37. The highest BCUT2D eigenvalue weighted by atomic mass is 15.2. The minimum Gasteiger partial charge on any atom is -0.388 e. The van der Waals surface area contributed by atoms with Crippen molar-refractivity contribution in [2.45, 2.75) is 6.54 Å². The number of anilines is 1. The van der Waals surface area contributed by atoms with Gasteiger partial charge in [0.2, 0.25) is 0 Å². The molecule has 1 saturated heterocycles. The number of benzene rings is 1. The second-order valence-electron chi connectivity index (χ2n) is 3.98. The lowest BCUT2D eigenvalue weighted by molar-refractivity contribution is 0.233. The van der Waals surface area contributed by atoms with E-state index >= 15 is 0 Å². The van der Waals surface area contributed by atoms with Gasteiger partial charge in [0.15, 0.2) is 0 Å². The molecule has 0 unspecified atom stereocenters. The van der Waals surface area contributed by atoms with Gasteiger partial charge in [-0.2, -0.15) is 0 Å². The summed E-state index contributed by atoms with van der Waals surface area (Å²) in [5, 5.41) is 6.54. The standard InChI is InChI=1S/C12H19N3/c1-13-12-4-2-3-11(9-12)10-15-7-5-14-6-8-15/h2-4,9,13-14H,5-8,10H2,1H3. The van der Waals surface area contributed by atoms with E-state index in [9.17, 15) is 0 Å². The molecule has 1 aliphatic heterocycles. The molecule has 1 aromatic carbocycles. The molecule has 1 heterocycles. The van der Waals surface area contributed by atoms with E-state index in [1.54, 1.807) is 0 Å². The van der Waals surface area contributed by atoms with Crippen LogP contribution in [-0.2, 0) is 6.54 Å². The average molecular weight is 205 g/mol. The molecule has 0 aliphatic carbocycles. The molecule has 0 spiro atoms. The predicted molar refractivity (Wildman–Crippen MR) is 64.1 cm³/mol. The van der Waals surface area contributed by atoms with Gasteiger partial charge in [0.25, 0.3) is 0 Å². The van der Waals surface area contributed by atoms with E-state index in [0.717, 1.165) is 32.7 Å². The molecular formula is C12H19N3. The predicted octanol–water partition coefficient (Wildman–Crippen LogP) is 1.13. The fourth-order valence-electron chi connectivity index (χ4n) is 1.95. The Kier molecular flexibility index (Phi) is 3.59. The van der Waals surface area contributed by atoms with Crippen molar-refractivity contribution in [3.63, 3.8) is 0 Å². The van der Waals surface area contributed by atoms with Crippen LogP contribution < -0.4 is 10.6 Å². The summed E-state index contributed by atoms with van der Waals surface area (Å²) in [7, 11) is 1.96. The van der Waals surface area contributed by atoms with E-state index < -0.39 is 0 Å². The highest BCUT2D eigenvalue weighted by molar-refractivity contribution is 5.44. The summed E-state index contributed by atoms with van der Waals surface area (Å²) in [6.07, 6.45) is 0. The van der Waals surface area contributed by atoms with Crippen molar-refractivity contribution < 1.29 is 0 Å². The van der Waals surface area contributed by atoms with Crippen LogP contribution in [0, 0.1) is 0 Å². The maximum Gasteiger partial charge on any atom is 0.0340 e. The molecule has 0 amide bonds. The van der Waals surface area contributed by atoms with Crippen LogP contribution in [0.2, 0.25) is 0 Å². The monoisotopic (exact) mass is 205 g/mol. The van der Waals surface area contributed by atoms with Crippen molar-refractivity contribution in [3.05, 3.63) is 29.8 Å². The van der Waals surface area contributed by atoms with Crippen molar-refractivity contribution in [3.8, 4) is 0 Å². The van der Waals surface area contributed by atoms with E-state index in [0.29, 0.717) is 0 Å². The Morgan fingerprint density at radius 2 is 2.13 bits per heavy atom. The van der Waals surface area contributed by atoms with Crippen molar-refractivity contribution in [1.29, 1.82) is 0 Å². The molecule has 0 bridgehead atoms. The Labute approximate surface area is 91.5 Å². The fraction of sp³-hybridized carbons (Fsp3) is 0.500. The summed E-state index contributed by atoms with van der Waals surface area (Å²) in [4.78, 5) is 2.49. The minimum atomic E-state index is 1.07. The summed E-state index contributed by atoms with van der Waals surface area (Å²) in [6.45, 7) is 5.61. The van der Waals surface area contributed by atoms with Crippen LogP contribution in [0.25, 0.3) is 0 Å². The van der Waals surface area contributed by atoms with Crippen molar-refractivity contribution in [2.24, 2.45) is 0 Å². The number of nitrogens with zero attached hydrogens (tertiary/aromatic N) is 1. The zero-order chi connectivity index (χ0) is 10.5. The largest absolute Gasteiger partial charge is 0.388 e.